The molecule has 0 radical (unpaired) electrons. The number of hydrogen-bond acceptors (Lipinski definition) is 3. The average Bonchev–Trinajstić information content (AvgIpc) is 3.23. The van der Waals surface area contributed by atoms with E-state index >= 15 is 0 Å². The smallest absolute Gasteiger partial charge is 0.261 e. The summed E-state index contributed by atoms with van der Waals surface area (Å²) in [5, 5.41) is 4.74. The number of nitrogens with one attached hydrogen (secondary N) is 1. The summed E-state index contributed by atoms with van der Waals surface area (Å²) in [6.45, 7) is 1.18. The van der Waals surface area contributed by atoms with Crippen LogP contribution in [-0.2, 0) is 32.7 Å². The molecule has 1 aliphatic heterocycles. The Labute approximate surface area is 169 Å². The number of aromatic nitrogens is 3. The first kappa shape index (κ1) is 17.9. The first-order valence-corrected chi connectivity index (χ1v) is 10.3. The molecule has 148 valence electrons. The van der Waals surface area contributed by atoms with E-state index in [2.05, 4.69) is 17.1 Å². The van der Waals surface area contributed by atoms with Crippen molar-refractivity contribution < 1.29 is 4.79 Å². The van der Waals surface area contributed by atoms with Crippen molar-refractivity contribution in [2.45, 2.75) is 32.1 Å². The Balaban J connectivity index is 1.43. The lowest BCUT2D eigenvalue weighted by Gasteiger charge is -2.20. The second kappa shape index (κ2) is 7.03. The summed E-state index contributed by atoms with van der Waals surface area (Å²) in [6.07, 6.45) is 4.34. The van der Waals surface area contributed by atoms with Crippen LogP contribution in [-0.4, -0.2) is 38.7 Å². The fourth-order valence-corrected chi connectivity index (χ4v) is 4.65. The topological polar surface area (TPSA) is 71.0 Å². The van der Waals surface area contributed by atoms with Crippen molar-refractivity contribution in [1.29, 1.82) is 0 Å². The predicted octanol–water partition coefficient (Wildman–Crippen LogP) is 2.51. The lowest BCUT2D eigenvalue weighted by Crippen LogP contribution is -2.37. The van der Waals surface area contributed by atoms with Crippen LogP contribution in [0.1, 0.15) is 39.3 Å². The fraction of sp³-hybridized carbons (Fsp3) is 0.348. The zero-order valence-electron chi connectivity index (χ0n) is 16.6. The lowest BCUT2D eigenvalue weighted by molar-refractivity contribution is 0.0760. The van der Waals surface area contributed by atoms with Gasteiger partial charge in [0.1, 0.15) is 5.56 Å². The largest absolute Gasteiger partial charge is 0.338 e. The van der Waals surface area contributed by atoms with Gasteiger partial charge in [0.25, 0.3) is 11.5 Å². The van der Waals surface area contributed by atoms with Crippen LogP contribution in [0.4, 0.5) is 0 Å². The Morgan fingerprint density at radius 2 is 1.86 bits per heavy atom. The number of pyridine rings is 1. The van der Waals surface area contributed by atoms with Gasteiger partial charge in [-0.15, -0.1) is 0 Å². The highest BCUT2D eigenvalue weighted by Gasteiger charge is 2.27. The summed E-state index contributed by atoms with van der Waals surface area (Å²) in [5.74, 6) is -0.164. The standard InChI is InChI=1S/C23H24N4O2/c1-26-20-11-13-27(12-10-17(20)21(25-26)15-6-3-2-4-7-15)23(29)18-14-16-8-5-9-19(16)24-22(18)28/h2-4,6-7,14H,5,8-13H2,1H3,(H,24,28). The van der Waals surface area contributed by atoms with E-state index in [1.54, 1.807) is 0 Å². The van der Waals surface area contributed by atoms with Crippen LogP contribution >= 0.6 is 0 Å². The lowest BCUT2D eigenvalue weighted by atomic mass is 10.0. The number of aryl methyl sites for hydroxylation is 3. The summed E-state index contributed by atoms with van der Waals surface area (Å²) in [7, 11) is 1.97. The summed E-state index contributed by atoms with van der Waals surface area (Å²) in [5.41, 5.74) is 6.59. The van der Waals surface area contributed by atoms with E-state index in [1.807, 2.05) is 40.9 Å². The fourth-order valence-electron chi connectivity index (χ4n) is 4.65. The molecule has 0 unspecified atom stereocenters. The van der Waals surface area contributed by atoms with Crippen LogP contribution in [0.15, 0.2) is 41.2 Å². The minimum Gasteiger partial charge on any atom is -0.338 e. The zero-order chi connectivity index (χ0) is 20.0. The van der Waals surface area contributed by atoms with Gasteiger partial charge in [-0.2, -0.15) is 5.10 Å². The molecule has 0 saturated carbocycles. The van der Waals surface area contributed by atoms with Gasteiger partial charge >= 0.3 is 0 Å². The van der Waals surface area contributed by atoms with Crippen LogP contribution in [0.3, 0.4) is 0 Å². The molecule has 1 aromatic carbocycles. The number of nitrogens with zero attached hydrogens (tertiary/aromatic N) is 3. The molecular formula is C23H24N4O2. The number of aromatic amines is 1. The van der Waals surface area contributed by atoms with Crippen molar-refractivity contribution in [2.24, 2.45) is 7.05 Å². The second-order valence-corrected chi connectivity index (χ2v) is 7.93. The molecule has 1 amide bonds. The Hall–Kier alpha value is -3.15. The number of fused-ring (bicyclic) bond motifs is 2. The second-order valence-electron chi connectivity index (χ2n) is 7.93. The summed E-state index contributed by atoms with van der Waals surface area (Å²) in [4.78, 5) is 30.4. The van der Waals surface area contributed by atoms with Crippen LogP contribution in [0, 0.1) is 0 Å². The van der Waals surface area contributed by atoms with E-state index in [0.717, 1.165) is 54.6 Å². The van der Waals surface area contributed by atoms with E-state index < -0.39 is 0 Å². The highest BCUT2D eigenvalue weighted by molar-refractivity contribution is 5.94. The maximum Gasteiger partial charge on any atom is 0.261 e. The van der Waals surface area contributed by atoms with Crippen LogP contribution in [0.2, 0.25) is 0 Å². The number of carbonyl (C=O) groups excluding carboxylic acids is 1. The number of amides is 1. The molecule has 0 saturated heterocycles. The molecule has 0 bridgehead atoms. The molecule has 6 heteroatoms. The van der Waals surface area contributed by atoms with Crippen molar-refractivity contribution in [2.75, 3.05) is 13.1 Å². The first-order valence-electron chi connectivity index (χ1n) is 10.3. The Kier molecular flexibility index (Phi) is 4.34. The van der Waals surface area contributed by atoms with Gasteiger partial charge in [0.05, 0.1) is 5.69 Å². The number of hydrogen-bond donors (Lipinski definition) is 1. The van der Waals surface area contributed by atoms with E-state index in [9.17, 15) is 9.59 Å². The van der Waals surface area contributed by atoms with Crippen molar-refractivity contribution in [1.82, 2.24) is 19.7 Å². The molecule has 2 aromatic heterocycles. The Morgan fingerprint density at radius 1 is 1.07 bits per heavy atom. The van der Waals surface area contributed by atoms with E-state index in [0.29, 0.717) is 13.1 Å². The minimum atomic E-state index is -0.260. The molecule has 5 rings (SSSR count). The summed E-state index contributed by atoms with van der Waals surface area (Å²) < 4.78 is 1.94. The van der Waals surface area contributed by atoms with E-state index in [4.69, 9.17) is 5.10 Å². The molecule has 0 fully saturated rings. The van der Waals surface area contributed by atoms with Crippen LogP contribution < -0.4 is 5.56 Å². The van der Waals surface area contributed by atoms with Gasteiger partial charge in [-0.25, -0.2) is 0 Å². The zero-order valence-corrected chi connectivity index (χ0v) is 16.6. The molecule has 6 nitrogen and oxygen atoms in total. The van der Waals surface area contributed by atoms with Gasteiger partial charge in [0.2, 0.25) is 0 Å². The van der Waals surface area contributed by atoms with Gasteiger partial charge in [-0.1, -0.05) is 30.3 Å². The Morgan fingerprint density at radius 3 is 2.69 bits per heavy atom. The number of carbonyl (C=O) groups is 1. The van der Waals surface area contributed by atoms with Crippen molar-refractivity contribution in [3.8, 4) is 11.3 Å². The third kappa shape index (κ3) is 3.09. The third-order valence-corrected chi connectivity index (χ3v) is 6.18. The molecule has 1 N–H and O–H groups in total. The summed E-state index contributed by atoms with van der Waals surface area (Å²) >= 11 is 0. The number of rotatable bonds is 2. The molecule has 29 heavy (non-hydrogen) atoms. The SMILES string of the molecule is Cn1nc(-c2ccccc2)c2c1CCN(C(=O)c1cc3c([nH]c1=O)CCC3)CC2. The summed E-state index contributed by atoms with van der Waals surface area (Å²) in [6, 6.07) is 12.0. The van der Waals surface area contributed by atoms with Crippen LogP contribution in [0.25, 0.3) is 11.3 Å². The monoisotopic (exact) mass is 388 g/mol. The van der Waals surface area contributed by atoms with Crippen molar-refractivity contribution >= 4 is 5.91 Å². The van der Waals surface area contributed by atoms with Crippen LogP contribution in [0.5, 0.6) is 0 Å². The third-order valence-electron chi connectivity index (χ3n) is 6.18. The van der Waals surface area contributed by atoms with Crippen molar-refractivity contribution in [3.63, 3.8) is 0 Å². The number of benzene rings is 1. The predicted molar refractivity (Wildman–Crippen MR) is 111 cm³/mol. The molecule has 0 spiro atoms. The molecular weight excluding hydrogens is 364 g/mol. The highest BCUT2D eigenvalue weighted by Crippen LogP contribution is 2.28. The van der Waals surface area contributed by atoms with Gasteiger partial charge in [0, 0.05) is 49.1 Å². The Bertz CT molecular complexity index is 1140. The van der Waals surface area contributed by atoms with E-state index in [-0.39, 0.29) is 17.0 Å². The first-order chi connectivity index (χ1) is 14.1. The van der Waals surface area contributed by atoms with Gasteiger partial charge in [-0.3, -0.25) is 14.3 Å². The molecule has 3 aromatic rings. The van der Waals surface area contributed by atoms with E-state index in [1.165, 1.54) is 11.3 Å². The van der Waals surface area contributed by atoms with Gasteiger partial charge in [0.15, 0.2) is 0 Å². The molecule has 2 aliphatic rings. The van der Waals surface area contributed by atoms with Gasteiger partial charge in [-0.05, 0) is 37.3 Å². The van der Waals surface area contributed by atoms with Crippen molar-refractivity contribution in [3.05, 3.63) is 74.8 Å². The molecule has 0 atom stereocenters. The minimum absolute atomic E-state index is 0.164. The highest BCUT2D eigenvalue weighted by atomic mass is 16.2. The maximum absolute atomic E-state index is 13.2. The molecule has 3 heterocycles. The molecule has 1 aliphatic carbocycles. The van der Waals surface area contributed by atoms with Gasteiger partial charge < -0.3 is 9.88 Å². The average molecular weight is 388 g/mol. The quantitative estimate of drug-likeness (QED) is 0.733. The number of H-pyrrole nitrogens is 1. The normalized spacial score (nSPS) is 15.7. The maximum atomic E-state index is 13.2.